The summed E-state index contributed by atoms with van der Waals surface area (Å²) in [5, 5.41) is 0. The zero-order chi connectivity index (χ0) is 39.9. The maximum atomic E-state index is 12.7. The molecule has 0 rings (SSSR count). The van der Waals surface area contributed by atoms with Crippen LogP contribution >= 0.6 is 0 Å². The summed E-state index contributed by atoms with van der Waals surface area (Å²) >= 11 is 0. The van der Waals surface area contributed by atoms with Gasteiger partial charge in [0.2, 0.25) is 0 Å². The molecule has 54 heavy (non-hydrogen) atoms. The van der Waals surface area contributed by atoms with Crippen LogP contribution in [0.4, 0.5) is 0 Å². The molecular weight excluding hydrogens is 673 g/mol. The maximum Gasteiger partial charge on any atom is 0.306 e. The molecule has 320 valence electrons. The van der Waals surface area contributed by atoms with Crippen LogP contribution in [0, 0.1) is 17.8 Å². The average Bonchev–Trinajstić information content (AvgIpc) is 3.15. The van der Waals surface area contributed by atoms with Crippen LogP contribution in [0.3, 0.4) is 0 Å². The number of carbonyl (C=O) groups excluding carboxylic acids is 3. The Bertz CT molecular complexity index is 841. The van der Waals surface area contributed by atoms with Crippen molar-refractivity contribution in [3.63, 3.8) is 0 Å². The molecule has 0 bridgehead atoms. The van der Waals surface area contributed by atoms with E-state index in [2.05, 4.69) is 41.5 Å². The van der Waals surface area contributed by atoms with E-state index in [9.17, 15) is 14.4 Å². The van der Waals surface area contributed by atoms with Crippen LogP contribution in [-0.2, 0) is 28.6 Å². The molecular formula is C48H92O6. The van der Waals surface area contributed by atoms with Crippen molar-refractivity contribution >= 4 is 17.9 Å². The highest BCUT2D eigenvalue weighted by Gasteiger charge is 2.19. The van der Waals surface area contributed by atoms with Crippen LogP contribution in [0.15, 0.2) is 0 Å². The number of hydrogen-bond donors (Lipinski definition) is 0. The summed E-state index contributed by atoms with van der Waals surface area (Å²) in [6.45, 7) is 13.7. The lowest BCUT2D eigenvalue weighted by molar-refractivity contribution is -0.167. The minimum Gasteiger partial charge on any atom is -0.462 e. The molecule has 0 heterocycles. The largest absolute Gasteiger partial charge is 0.462 e. The standard InChI is InChI=1S/C48H92O6/c1-7-43(5)35-29-23-17-13-9-10-14-18-25-31-37-46(49)52-40-45(54-48(51)39-33-27-21-20-24-30-36-44(6)8-2)41-53-47(50)38-32-26-19-15-11-12-16-22-28-34-42(3)4/h42-45H,7-41H2,1-6H3/t43?,44?,45-/m0/s1. The fourth-order valence-electron chi connectivity index (χ4n) is 6.99. The van der Waals surface area contributed by atoms with Crippen molar-refractivity contribution in [1.29, 1.82) is 0 Å². The second-order valence-corrected chi connectivity index (χ2v) is 17.4. The lowest BCUT2D eigenvalue weighted by Gasteiger charge is -2.18. The molecule has 0 aliphatic carbocycles. The van der Waals surface area contributed by atoms with Crippen LogP contribution in [-0.4, -0.2) is 37.2 Å². The summed E-state index contributed by atoms with van der Waals surface area (Å²) in [5.41, 5.74) is 0. The van der Waals surface area contributed by atoms with E-state index < -0.39 is 6.10 Å². The van der Waals surface area contributed by atoms with E-state index in [1.54, 1.807) is 0 Å². The van der Waals surface area contributed by atoms with Gasteiger partial charge in [-0.1, -0.05) is 215 Å². The van der Waals surface area contributed by atoms with E-state index in [0.717, 1.165) is 75.5 Å². The van der Waals surface area contributed by atoms with Gasteiger partial charge < -0.3 is 14.2 Å². The topological polar surface area (TPSA) is 78.9 Å². The molecule has 3 atom stereocenters. The first-order chi connectivity index (χ1) is 26.2. The lowest BCUT2D eigenvalue weighted by Crippen LogP contribution is -2.30. The van der Waals surface area contributed by atoms with Gasteiger partial charge in [0.05, 0.1) is 0 Å². The summed E-state index contributed by atoms with van der Waals surface area (Å²) in [6, 6.07) is 0. The fourth-order valence-corrected chi connectivity index (χ4v) is 6.99. The minimum atomic E-state index is -0.762. The summed E-state index contributed by atoms with van der Waals surface area (Å²) in [5.74, 6) is 1.62. The second kappa shape index (κ2) is 39.6. The molecule has 0 N–H and O–H groups in total. The average molecular weight is 765 g/mol. The first-order valence-corrected chi connectivity index (χ1v) is 23.7. The molecule has 0 saturated carbocycles. The van der Waals surface area contributed by atoms with Crippen LogP contribution in [0.1, 0.15) is 253 Å². The second-order valence-electron chi connectivity index (χ2n) is 17.4. The SMILES string of the molecule is CCC(C)CCCCCCCCCCCCC(=O)OC[C@@H](COC(=O)CCCCCCCCCCCC(C)C)OC(=O)CCCCCCCCC(C)CC. The van der Waals surface area contributed by atoms with E-state index in [1.165, 1.54) is 135 Å². The Morgan fingerprint density at radius 1 is 0.370 bits per heavy atom. The predicted molar refractivity (Wildman–Crippen MR) is 229 cm³/mol. The van der Waals surface area contributed by atoms with Crippen molar-refractivity contribution in [3.05, 3.63) is 0 Å². The van der Waals surface area contributed by atoms with Crippen molar-refractivity contribution in [2.24, 2.45) is 17.8 Å². The number of ether oxygens (including phenoxy) is 3. The van der Waals surface area contributed by atoms with Gasteiger partial charge in [-0.25, -0.2) is 0 Å². The smallest absolute Gasteiger partial charge is 0.306 e. The van der Waals surface area contributed by atoms with E-state index in [-0.39, 0.29) is 31.1 Å². The summed E-state index contributed by atoms with van der Waals surface area (Å²) in [6.07, 6.45) is 36.6. The molecule has 0 radical (unpaired) electrons. The molecule has 0 amide bonds. The third-order valence-corrected chi connectivity index (χ3v) is 11.4. The van der Waals surface area contributed by atoms with Crippen LogP contribution in [0.25, 0.3) is 0 Å². The monoisotopic (exact) mass is 765 g/mol. The van der Waals surface area contributed by atoms with E-state index in [0.29, 0.717) is 19.3 Å². The number of unbranched alkanes of at least 4 members (excludes halogenated alkanes) is 22. The van der Waals surface area contributed by atoms with Crippen LogP contribution in [0.2, 0.25) is 0 Å². The molecule has 0 spiro atoms. The minimum absolute atomic E-state index is 0.0666. The predicted octanol–water partition coefficient (Wildman–Crippen LogP) is 14.8. The van der Waals surface area contributed by atoms with Crippen molar-refractivity contribution in [2.75, 3.05) is 13.2 Å². The maximum absolute atomic E-state index is 12.7. The van der Waals surface area contributed by atoms with Gasteiger partial charge in [0.15, 0.2) is 6.10 Å². The zero-order valence-corrected chi connectivity index (χ0v) is 37.0. The van der Waals surface area contributed by atoms with Gasteiger partial charge in [-0.2, -0.15) is 0 Å². The normalized spacial score (nSPS) is 13.2. The Hall–Kier alpha value is -1.59. The van der Waals surface area contributed by atoms with Gasteiger partial charge in [-0.3, -0.25) is 14.4 Å². The number of esters is 3. The molecule has 0 aromatic carbocycles. The van der Waals surface area contributed by atoms with E-state index in [1.807, 2.05) is 0 Å². The van der Waals surface area contributed by atoms with E-state index in [4.69, 9.17) is 14.2 Å². The van der Waals surface area contributed by atoms with Gasteiger partial charge in [0.1, 0.15) is 13.2 Å². The zero-order valence-electron chi connectivity index (χ0n) is 37.0. The van der Waals surface area contributed by atoms with Gasteiger partial charge in [0.25, 0.3) is 0 Å². The Morgan fingerprint density at radius 2 is 0.648 bits per heavy atom. The first-order valence-electron chi connectivity index (χ1n) is 23.7. The van der Waals surface area contributed by atoms with Gasteiger partial charge in [0, 0.05) is 19.3 Å². The number of rotatable bonds is 41. The van der Waals surface area contributed by atoms with Crippen molar-refractivity contribution in [1.82, 2.24) is 0 Å². The fraction of sp³-hybridized carbons (Fsp3) is 0.938. The van der Waals surface area contributed by atoms with Gasteiger partial charge >= 0.3 is 17.9 Å². The van der Waals surface area contributed by atoms with Crippen molar-refractivity contribution in [2.45, 2.75) is 260 Å². The highest BCUT2D eigenvalue weighted by molar-refractivity contribution is 5.71. The van der Waals surface area contributed by atoms with Gasteiger partial charge in [-0.05, 0) is 37.0 Å². The number of hydrogen-bond acceptors (Lipinski definition) is 6. The summed E-state index contributed by atoms with van der Waals surface area (Å²) in [7, 11) is 0. The molecule has 6 nitrogen and oxygen atoms in total. The highest BCUT2D eigenvalue weighted by atomic mass is 16.6. The van der Waals surface area contributed by atoms with Crippen LogP contribution in [0.5, 0.6) is 0 Å². The van der Waals surface area contributed by atoms with E-state index >= 15 is 0 Å². The summed E-state index contributed by atoms with van der Waals surface area (Å²) < 4.78 is 16.7. The van der Waals surface area contributed by atoms with Gasteiger partial charge in [-0.15, -0.1) is 0 Å². The Morgan fingerprint density at radius 3 is 0.963 bits per heavy atom. The molecule has 6 heteroatoms. The quantitative estimate of drug-likeness (QED) is 0.0350. The Balaban J connectivity index is 4.34. The van der Waals surface area contributed by atoms with Crippen LogP contribution < -0.4 is 0 Å². The molecule has 0 aliphatic heterocycles. The molecule has 0 fully saturated rings. The Kier molecular flexibility index (Phi) is 38.5. The van der Waals surface area contributed by atoms with Crippen molar-refractivity contribution < 1.29 is 28.6 Å². The number of carbonyl (C=O) groups is 3. The molecule has 0 aromatic rings. The Labute approximate surface area is 336 Å². The molecule has 0 aliphatic rings. The highest BCUT2D eigenvalue weighted by Crippen LogP contribution is 2.18. The van der Waals surface area contributed by atoms with Crippen molar-refractivity contribution in [3.8, 4) is 0 Å². The summed E-state index contributed by atoms with van der Waals surface area (Å²) in [4.78, 5) is 37.8. The molecule has 2 unspecified atom stereocenters. The third kappa shape index (κ3) is 38.7. The molecule has 0 saturated heterocycles. The first kappa shape index (κ1) is 52.4. The third-order valence-electron chi connectivity index (χ3n) is 11.4. The lowest BCUT2D eigenvalue weighted by atomic mass is 9.99. The molecule has 0 aromatic heterocycles.